The fourth-order valence-corrected chi connectivity index (χ4v) is 6.82. The maximum absolute atomic E-state index is 13.3. The SMILES string of the molecule is C[C@@H]1C[C@H](C)[C@H]2[C@@H]3C(=O)O[C@@H]([C@H](C)O)[C@H](C)C[C@H](C)[C@@H]3[C@H](C)C(=O)[C@@H]2C1. The van der Waals surface area contributed by atoms with Crippen molar-refractivity contribution in [3.8, 4) is 0 Å². The third kappa shape index (κ3) is 3.23. The number of fused-ring (bicyclic) bond motifs is 3. The first-order valence-electron chi connectivity index (χ1n) is 10.6. The van der Waals surface area contributed by atoms with E-state index in [9.17, 15) is 14.7 Å². The van der Waals surface area contributed by atoms with Crippen LogP contribution in [0.1, 0.15) is 60.8 Å². The molecule has 4 nitrogen and oxygen atoms in total. The highest BCUT2D eigenvalue weighted by Gasteiger charge is 2.57. The van der Waals surface area contributed by atoms with Crippen molar-refractivity contribution >= 4 is 11.8 Å². The Morgan fingerprint density at radius 1 is 0.923 bits per heavy atom. The van der Waals surface area contributed by atoms with Crippen molar-refractivity contribution in [2.75, 3.05) is 0 Å². The van der Waals surface area contributed by atoms with Gasteiger partial charge in [0.2, 0.25) is 0 Å². The number of aliphatic hydroxyl groups excluding tert-OH is 1. The molecule has 1 aliphatic heterocycles. The molecule has 0 aromatic rings. The number of carbonyl (C=O) groups excluding carboxylic acids is 2. The van der Waals surface area contributed by atoms with Gasteiger partial charge < -0.3 is 9.84 Å². The molecule has 26 heavy (non-hydrogen) atoms. The second-order valence-electron chi connectivity index (χ2n) is 9.86. The number of aliphatic hydroxyl groups is 1. The van der Waals surface area contributed by atoms with Crippen LogP contribution in [0.2, 0.25) is 0 Å². The van der Waals surface area contributed by atoms with Gasteiger partial charge in [-0.2, -0.15) is 0 Å². The second kappa shape index (κ2) is 7.26. The zero-order valence-electron chi connectivity index (χ0n) is 17.1. The molecule has 4 heteroatoms. The standard InChI is InChI=1S/C22H36O4/c1-10-7-11(2)18-16(8-10)20(24)14(5)17-12(3)9-13(4)21(15(6)23)26-22(25)19(17)18/h10-19,21,23H,7-9H2,1-6H3/t10-,11+,12+,13-,14+,15+,16-,17-,18-,19-,21-/m1/s1. The average molecular weight is 365 g/mol. The second-order valence-corrected chi connectivity index (χ2v) is 9.86. The molecule has 0 unspecified atom stereocenters. The summed E-state index contributed by atoms with van der Waals surface area (Å²) in [5, 5.41) is 10.1. The van der Waals surface area contributed by atoms with Crippen LogP contribution in [0.25, 0.3) is 0 Å². The van der Waals surface area contributed by atoms with Crippen LogP contribution in [0, 0.1) is 53.3 Å². The van der Waals surface area contributed by atoms with E-state index in [1.165, 1.54) is 0 Å². The lowest BCUT2D eigenvalue weighted by molar-refractivity contribution is -0.185. The van der Waals surface area contributed by atoms with Crippen LogP contribution in [0.5, 0.6) is 0 Å². The summed E-state index contributed by atoms with van der Waals surface area (Å²) in [7, 11) is 0. The number of cyclic esters (lactones) is 1. The van der Waals surface area contributed by atoms with Gasteiger partial charge in [-0.25, -0.2) is 0 Å². The third-order valence-electron chi connectivity index (χ3n) is 7.73. The molecule has 0 radical (unpaired) electrons. The summed E-state index contributed by atoms with van der Waals surface area (Å²) in [6, 6.07) is 0. The molecule has 2 saturated carbocycles. The summed E-state index contributed by atoms with van der Waals surface area (Å²) in [6.07, 6.45) is 1.74. The van der Waals surface area contributed by atoms with Crippen molar-refractivity contribution in [3.05, 3.63) is 0 Å². The van der Waals surface area contributed by atoms with E-state index in [0.717, 1.165) is 19.3 Å². The van der Waals surface area contributed by atoms with Crippen molar-refractivity contribution in [1.82, 2.24) is 0 Å². The summed E-state index contributed by atoms with van der Waals surface area (Å²) in [4.78, 5) is 26.5. The zero-order valence-corrected chi connectivity index (χ0v) is 17.1. The molecule has 3 aliphatic rings. The molecule has 3 rings (SSSR count). The number of esters is 1. The van der Waals surface area contributed by atoms with Gasteiger partial charge in [-0.15, -0.1) is 0 Å². The first kappa shape index (κ1) is 19.9. The minimum absolute atomic E-state index is 0.00778. The minimum atomic E-state index is -0.667. The normalized spacial score (nSPS) is 50.7. The molecule has 1 N–H and O–H groups in total. The number of rotatable bonds is 1. The van der Waals surface area contributed by atoms with Crippen LogP contribution in [0.15, 0.2) is 0 Å². The molecule has 2 aliphatic carbocycles. The van der Waals surface area contributed by atoms with E-state index >= 15 is 0 Å². The lowest BCUT2D eigenvalue weighted by Crippen LogP contribution is -2.57. The highest BCUT2D eigenvalue weighted by Crippen LogP contribution is 2.54. The largest absolute Gasteiger partial charge is 0.459 e. The highest BCUT2D eigenvalue weighted by atomic mass is 16.6. The Morgan fingerprint density at radius 3 is 2.15 bits per heavy atom. The molecule has 0 spiro atoms. The van der Waals surface area contributed by atoms with Gasteiger partial charge in [0.05, 0.1) is 12.0 Å². The lowest BCUT2D eigenvalue weighted by atomic mass is 9.51. The Kier molecular flexibility index (Phi) is 5.54. The summed E-state index contributed by atoms with van der Waals surface area (Å²) in [5.74, 6) is 1.31. The topological polar surface area (TPSA) is 63.6 Å². The predicted molar refractivity (Wildman–Crippen MR) is 100 cm³/mol. The van der Waals surface area contributed by atoms with E-state index in [1.807, 2.05) is 13.8 Å². The number of carbonyl (C=O) groups is 2. The van der Waals surface area contributed by atoms with E-state index in [1.54, 1.807) is 6.92 Å². The predicted octanol–water partition coefficient (Wildman–Crippen LogP) is 3.70. The van der Waals surface area contributed by atoms with Gasteiger partial charge >= 0.3 is 5.97 Å². The number of Topliss-reactive ketones (excluding diaryl/α,β-unsaturated/α-hetero) is 1. The Morgan fingerprint density at radius 2 is 1.54 bits per heavy atom. The smallest absolute Gasteiger partial charge is 0.309 e. The van der Waals surface area contributed by atoms with Crippen LogP contribution < -0.4 is 0 Å². The fraction of sp³-hybridized carbons (Fsp3) is 0.909. The molecule has 0 aromatic heterocycles. The first-order valence-corrected chi connectivity index (χ1v) is 10.6. The van der Waals surface area contributed by atoms with Gasteiger partial charge in [0.1, 0.15) is 11.9 Å². The fourth-order valence-electron chi connectivity index (χ4n) is 6.82. The Bertz CT molecular complexity index is 554. The summed E-state index contributed by atoms with van der Waals surface area (Å²) in [6.45, 7) is 12.4. The maximum Gasteiger partial charge on any atom is 0.309 e. The molecular formula is C22H36O4. The first-order chi connectivity index (χ1) is 12.1. The van der Waals surface area contributed by atoms with Gasteiger partial charge in [-0.1, -0.05) is 34.6 Å². The number of ketones is 1. The molecule has 1 saturated heterocycles. The van der Waals surface area contributed by atoms with Crippen LogP contribution in [-0.4, -0.2) is 29.1 Å². The number of ether oxygens (including phenoxy) is 1. The molecule has 0 bridgehead atoms. The van der Waals surface area contributed by atoms with E-state index < -0.39 is 12.2 Å². The average Bonchev–Trinajstić information content (AvgIpc) is 2.53. The molecule has 3 fully saturated rings. The molecule has 11 atom stereocenters. The molecular weight excluding hydrogens is 328 g/mol. The van der Waals surface area contributed by atoms with Crippen molar-refractivity contribution in [1.29, 1.82) is 0 Å². The van der Waals surface area contributed by atoms with Gasteiger partial charge in [0.25, 0.3) is 0 Å². The van der Waals surface area contributed by atoms with E-state index in [4.69, 9.17) is 4.74 Å². The molecule has 0 aromatic carbocycles. The zero-order chi connectivity index (χ0) is 19.3. The number of hydrogen-bond donors (Lipinski definition) is 1. The van der Waals surface area contributed by atoms with Crippen molar-refractivity contribution in [2.45, 2.75) is 73.0 Å². The molecule has 0 amide bonds. The van der Waals surface area contributed by atoms with Crippen LogP contribution >= 0.6 is 0 Å². The number of hydrogen-bond acceptors (Lipinski definition) is 4. The van der Waals surface area contributed by atoms with E-state index in [0.29, 0.717) is 17.6 Å². The van der Waals surface area contributed by atoms with Gasteiger partial charge in [-0.05, 0) is 61.7 Å². The van der Waals surface area contributed by atoms with E-state index in [2.05, 4.69) is 20.8 Å². The third-order valence-corrected chi connectivity index (χ3v) is 7.73. The lowest BCUT2D eigenvalue weighted by Gasteiger charge is -2.53. The van der Waals surface area contributed by atoms with Gasteiger partial charge in [0, 0.05) is 11.8 Å². The van der Waals surface area contributed by atoms with Crippen molar-refractivity contribution < 1.29 is 19.4 Å². The van der Waals surface area contributed by atoms with Crippen molar-refractivity contribution in [2.24, 2.45) is 53.3 Å². The summed E-state index contributed by atoms with van der Waals surface area (Å²) < 4.78 is 5.89. The Balaban J connectivity index is 2.01. The quantitative estimate of drug-likeness (QED) is 0.721. The maximum atomic E-state index is 13.3. The van der Waals surface area contributed by atoms with E-state index in [-0.39, 0.29) is 47.4 Å². The van der Waals surface area contributed by atoms with Crippen LogP contribution in [0.4, 0.5) is 0 Å². The Hall–Kier alpha value is -0.900. The summed E-state index contributed by atoms with van der Waals surface area (Å²) >= 11 is 0. The highest BCUT2D eigenvalue weighted by molar-refractivity contribution is 5.88. The summed E-state index contributed by atoms with van der Waals surface area (Å²) in [5.41, 5.74) is 0. The molecule has 148 valence electrons. The molecule has 1 heterocycles. The van der Waals surface area contributed by atoms with Crippen molar-refractivity contribution in [3.63, 3.8) is 0 Å². The van der Waals surface area contributed by atoms with Gasteiger partial charge in [-0.3, -0.25) is 9.59 Å². The van der Waals surface area contributed by atoms with Crippen LogP contribution in [0.3, 0.4) is 0 Å². The minimum Gasteiger partial charge on any atom is -0.459 e. The monoisotopic (exact) mass is 364 g/mol. The van der Waals surface area contributed by atoms with Gasteiger partial charge in [0.15, 0.2) is 0 Å². The van der Waals surface area contributed by atoms with Crippen LogP contribution in [-0.2, 0) is 14.3 Å². The Labute approximate surface area is 158 Å².